The summed E-state index contributed by atoms with van der Waals surface area (Å²) in [6, 6.07) is -0.805. The Kier molecular flexibility index (Phi) is 5.29. The zero-order valence-electron chi connectivity index (χ0n) is 10.1. The van der Waals surface area contributed by atoms with E-state index in [-0.39, 0.29) is 12.5 Å². The lowest BCUT2D eigenvalue weighted by atomic mass is 9.97. The van der Waals surface area contributed by atoms with E-state index in [9.17, 15) is 15.0 Å². The van der Waals surface area contributed by atoms with Gasteiger partial charge < -0.3 is 29.7 Å². The molecule has 0 aromatic carbocycles. The van der Waals surface area contributed by atoms with Crippen molar-refractivity contribution in [3.05, 3.63) is 0 Å². The van der Waals surface area contributed by atoms with Gasteiger partial charge >= 0.3 is 0 Å². The molecule has 1 rings (SSSR count). The molecule has 17 heavy (non-hydrogen) atoms. The van der Waals surface area contributed by atoms with Gasteiger partial charge in [0.05, 0.1) is 6.61 Å². The molecule has 1 aliphatic rings. The third kappa shape index (κ3) is 3.36. The highest BCUT2D eigenvalue weighted by Crippen LogP contribution is 2.21. The number of rotatable bonds is 4. The highest BCUT2D eigenvalue weighted by molar-refractivity contribution is 5.73. The van der Waals surface area contributed by atoms with Crippen LogP contribution in [-0.4, -0.2) is 67.6 Å². The molecular weight excluding hydrogens is 230 g/mol. The largest absolute Gasteiger partial charge is 0.388 e. The van der Waals surface area contributed by atoms with Gasteiger partial charge in [-0.1, -0.05) is 0 Å². The summed E-state index contributed by atoms with van der Waals surface area (Å²) in [6.45, 7) is 1.44. The monoisotopic (exact) mass is 249 g/mol. The number of amides is 1. The molecule has 1 amide bonds. The molecule has 0 radical (unpaired) electrons. The first-order valence-electron chi connectivity index (χ1n) is 5.31. The summed E-state index contributed by atoms with van der Waals surface area (Å²) in [5.74, 6) is -0.336. The first-order chi connectivity index (χ1) is 8.01. The van der Waals surface area contributed by atoms with E-state index in [0.717, 1.165) is 0 Å². The Labute approximate surface area is 99.7 Å². The summed E-state index contributed by atoms with van der Waals surface area (Å²) in [5.41, 5.74) is 0. The zero-order valence-corrected chi connectivity index (χ0v) is 10.1. The number of hydrogen-bond acceptors (Lipinski definition) is 6. The molecule has 3 N–H and O–H groups in total. The maximum absolute atomic E-state index is 11.0. The molecular formula is C10H19NO6. The second-order valence-corrected chi connectivity index (χ2v) is 3.94. The van der Waals surface area contributed by atoms with Gasteiger partial charge in [-0.05, 0) is 0 Å². The average molecular weight is 249 g/mol. The van der Waals surface area contributed by atoms with Gasteiger partial charge in [0.25, 0.3) is 0 Å². The molecule has 5 atom stereocenters. The normalized spacial score (nSPS) is 37.8. The highest BCUT2D eigenvalue weighted by atomic mass is 16.7. The van der Waals surface area contributed by atoms with Crippen LogP contribution in [0.1, 0.15) is 6.92 Å². The molecule has 1 saturated heterocycles. The van der Waals surface area contributed by atoms with Gasteiger partial charge in [0.15, 0.2) is 6.29 Å². The van der Waals surface area contributed by atoms with Crippen LogP contribution in [0.4, 0.5) is 0 Å². The van der Waals surface area contributed by atoms with Crippen LogP contribution in [-0.2, 0) is 19.0 Å². The first-order valence-corrected chi connectivity index (χ1v) is 5.31. The lowest BCUT2D eigenvalue weighted by molar-refractivity contribution is -0.264. The minimum atomic E-state index is -1.17. The van der Waals surface area contributed by atoms with Crippen LogP contribution in [0.25, 0.3) is 0 Å². The van der Waals surface area contributed by atoms with Crippen molar-refractivity contribution in [2.24, 2.45) is 0 Å². The Balaban J connectivity index is 2.75. The second kappa shape index (κ2) is 6.27. The van der Waals surface area contributed by atoms with E-state index in [2.05, 4.69) is 5.32 Å². The molecule has 1 heterocycles. The van der Waals surface area contributed by atoms with Gasteiger partial charge in [-0.2, -0.15) is 0 Å². The third-order valence-corrected chi connectivity index (χ3v) is 2.63. The van der Waals surface area contributed by atoms with Crippen LogP contribution >= 0.6 is 0 Å². The molecule has 1 aliphatic heterocycles. The lowest BCUT2D eigenvalue weighted by Gasteiger charge is -2.41. The maximum atomic E-state index is 11.0. The zero-order chi connectivity index (χ0) is 13.0. The van der Waals surface area contributed by atoms with E-state index in [4.69, 9.17) is 14.2 Å². The van der Waals surface area contributed by atoms with E-state index in [1.165, 1.54) is 21.1 Å². The molecule has 100 valence electrons. The number of ether oxygens (including phenoxy) is 3. The Morgan fingerprint density at radius 2 is 2.00 bits per heavy atom. The third-order valence-electron chi connectivity index (χ3n) is 2.63. The van der Waals surface area contributed by atoms with Gasteiger partial charge in [-0.3, -0.25) is 4.79 Å². The van der Waals surface area contributed by atoms with Crippen molar-refractivity contribution >= 4 is 5.91 Å². The van der Waals surface area contributed by atoms with Crippen molar-refractivity contribution in [3.63, 3.8) is 0 Å². The number of aliphatic hydroxyl groups excluding tert-OH is 2. The molecule has 0 aliphatic carbocycles. The van der Waals surface area contributed by atoms with Crippen LogP contribution in [0.15, 0.2) is 0 Å². The SMILES string of the molecule is COC[C@H]1O[C@H](OC)[C@@H](NC(C)=O)[C@@H](O)[C@@H]1O. The summed E-state index contributed by atoms with van der Waals surface area (Å²) in [6.07, 6.45) is -3.82. The van der Waals surface area contributed by atoms with Crippen molar-refractivity contribution in [1.29, 1.82) is 0 Å². The Morgan fingerprint density at radius 1 is 1.35 bits per heavy atom. The number of methoxy groups -OCH3 is 2. The van der Waals surface area contributed by atoms with E-state index in [1.54, 1.807) is 0 Å². The molecule has 1 fully saturated rings. The predicted molar refractivity (Wildman–Crippen MR) is 57.2 cm³/mol. The molecule has 7 nitrogen and oxygen atoms in total. The van der Waals surface area contributed by atoms with Crippen molar-refractivity contribution in [1.82, 2.24) is 5.32 Å². The van der Waals surface area contributed by atoms with Crippen molar-refractivity contribution in [2.75, 3.05) is 20.8 Å². The molecule has 7 heteroatoms. The molecule has 0 bridgehead atoms. The molecule has 0 aromatic heterocycles. The van der Waals surface area contributed by atoms with Gasteiger partial charge in [0.1, 0.15) is 24.4 Å². The quantitative estimate of drug-likeness (QED) is 0.545. The number of carbonyl (C=O) groups excluding carboxylic acids is 1. The number of hydrogen-bond donors (Lipinski definition) is 3. The van der Waals surface area contributed by atoms with E-state index in [0.29, 0.717) is 0 Å². The van der Waals surface area contributed by atoms with Crippen molar-refractivity contribution in [3.8, 4) is 0 Å². The van der Waals surface area contributed by atoms with Gasteiger partial charge in [-0.25, -0.2) is 0 Å². The van der Waals surface area contributed by atoms with Crippen LogP contribution < -0.4 is 5.32 Å². The average Bonchev–Trinajstić information content (AvgIpc) is 2.28. The van der Waals surface area contributed by atoms with Crippen LogP contribution in [0.3, 0.4) is 0 Å². The Morgan fingerprint density at radius 3 is 2.47 bits per heavy atom. The fourth-order valence-corrected chi connectivity index (χ4v) is 1.82. The van der Waals surface area contributed by atoms with Crippen molar-refractivity contribution in [2.45, 2.75) is 37.6 Å². The summed E-state index contributed by atoms with van der Waals surface area (Å²) in [7, 11) is 2.86. The number of nitrogens with one attached hydrogen (secondary N) is 1. The summed E-state index contributed by atoms with van der Waals surface area (Å²) < 4.78 is 15.3. The fraction of sp³-hybridized carbons (Fsp3) is 0.900. The molecule has 0 saturated carbocycles. The standard InChI is InChI=1S/C10H19NO6/c1-5(12)11-7-9(14)8(13)6(4-15-2)17-10(7)16-3/h6-10,13-14H,4H2,1-3H3,(H,11,12)/t6-,7+,8-,9-,10+/m1/s1. The Hall–Kier alpha value is -0.730. The van der Waals surface area contributed by atoms with Gasteiger partial charge in [0.2, 0.25) is 5.91 Å². The highest BCUT2D eigenvalue weighted by Gasteiger charge is 2.45. The second-order valence-electron chi connectivity index (χ2n) is 3.94. The molecule has 0 aromatic rings. The summed E-state index contributed by atoms with van der Waals surface area (Å²) >= 11 is 0. The van der Waals surface area contributed by atoms with Crippen LogP contribution in [0.5, 0.6) is 0 Å². The van der Waals surface area contributed by atoms with E-state index < -0.39 is 30.6 Å². The maximum Gasteiger partial charge on any atom is 0.217 e. The van der Waals surface area contributed by atoms with Crippen molar-refractivity contribution < 1.29 is 29.2 Å². The smallest absolute Gasteiger partial charge is 0.217 e. The van der Waals surface area contributed by atoms with E-state index in [1.807, 2.05) is 0 Å². The minimum absolute atomic E-state index is 0.130. The lowest BCUT2D eigenvalue weighted by Crippen LogP contribution is -2.64. The molecule has 0 spiro atoms. The topological polar surface area (TPSA) is 97.2 Å². The summed E-state index contributed by atoms with van der Waals surface area (Å²) in [4.78, 5) is 11.0. The van der Waals surface area contributed by atoms with Gasteiger partial charge in [0, 0.05) is 21.1 Å². The molecule has 0 unspecified atom stereocenters. The first kappa shape index (κ1) is 14.3. The minimum Gasteiger partial charge on any atom is -0.388 e. The summed E-state index contributed by atoms with van der Waals surface area (Å²) in [5, 5.41) is 22.2. The number of carbonyl (C=O) groups is 1. The predicted octanol–water partition coefficient (Wildman–Crippen LogP) is -1.77. The van der Waals surface area contributed by atoms with Crippen LogP contribution in [0, 0.1) is 0 Å². The van der Waals surface area contributed by atoms with E-state index >= 15 is 0 Å². The Bertz CT molecular complexity index is 259. The number of aliphatic hydroxyl groups is 2. The fourth-order valence-electron chi connectivity index (χ4n) is 1.82. The van der Waals surface area contributed by atoms with Crippen LogP contribution in [0.2, 0.25) is 0 Å². The van der Waals surface area contributed by atoms with Gasteiger partial charge in [-0.15, -0.1) is 0 Å².